The molecule has 0 saturated carbocycles. The smallest absolute Gasteiger partial charge is 0.224 e. The molecule has 1 heterocycles. The van der Waals surface area contributed by atoms with E-state index in [-0.39, 0.29) is 11.4 Å². The average molecular weight is 256 g/mol. The van der Waals surface area contributed by atoms with Crippen molar-refractivity contribution >= 4 is 23.2 Å². The fourth-order valence-corrected chi connectivity index (χ4v) is 1.44. The summed E-state index contributed by atoms with van der Waals surface area (Å²) in [6.07, 6.45) is 2.64. The van der Waals surface area contributed by atoms with Gasteiger partial charge in [-0.3, -0.25) is 4.79 Å². The molecule has 3 N–H and O–H groups in total. The Morgan fingerprint density at radius 3 is 2.82 bits per heavy atom. The molecule has 0 saturated heterocycles. The maximum absolute atomic E-state index is 11.7. The fraction of sp³-hybridized carbons (Fsp3) is 0.500. The van der Waals surface area contributed by atoms with E-state index in [4.69, 9.17) is 17.3 Å². The lowest BCUT2D eigenvalue weighted by molar-refractivity contribution is -0.116. The maximum atomic E-state index is 11.7. The van der Waals surface area contributed by atoms with Crippen LogP contribution in [0.3, 0.4) is 0 Å². The second-order valence-electron chi connectivity index (χ2n) is 4.89. The summed E-state index contributed by atoms with van der Waals surface area (Å²) < 4.78 is 0. The summed E-state index contributed by atoms with van der Waals surface area (Å²) in [7, 11) is 0. The number of anilines is 1. The number of carbonyl (C=O) groups is 1. The van der Waals surface area contributed by atoms with E-state index in [1.807, 2.05) is 20.8 Å². The lowest BCUT2D eigenvalue weighted by Crippen LogP contribution is -2.33. The lowest BCUT2D eigenvalue weighted by atomic mass is 10.00. The molecule has 0 spiro atoms. The number of aromatic nitrogens is 1. The van der Waals surface area contributed by atoms with Crippen LogP contribution in [0.1, 0.15) is 32.3 Å². The predicted octanol–water partition coefficient (Wildman–Crippen LogP) is 2.50. The summed E-state index contributed by atoms with van der Waals surface area (Å²) in [4.78, 5) is 15.6. The van der Waals surface area contributed by atoms with Gasteiger partial charge in [0.05, 0.1) is 5.69 Å². The number of amides is 1. The number of nitrogens with zero attached hydrogens (tertiary/aromatic N) is 1. The van der Waals surface area contributed by atoms with Crippen LogP contribution in [0.25, 0.3) is 0 Å². The van der Waals surface area contributed by atoms with Crippen LogP contribution in [0, 0.1) is 6.92 Å². The quantitative estimate of drug-likeness (QED) is 0.813. The number of halogens is 1. The molecule has 1 amide bonds. The molecule has 1 aromatic rings. The molecule has 0 atom stereocenters. The van der Waals surface area contributed by atoms with Crippen LogP contribution in [0.5, 0.6) is 0 Å². The van der Waals surface area contributed by atoms with Gasteiger partial charge in [0, 0.05) is 18.2 Å². The van der Waals surface area contributed by atoms with Crippen molar-refractivity contribution in [1.29, 1.82) is 0 Å². The number of pyridine rings is 1. The zero-order valence-electron chi connectivity index (χ0n) is 10.4. The number of rotatable bonds is 4. The van der Waals surface area contributed by atoms with E-state index in [0.29, 0.717) is 23.7 Å². The largest absolute Gasteiger partial charge is 0.326 e. The van der Waals surface area contributed by atoms with Gasteiger partial charge < -0.3 is 11.1 Å². The summed E-state index contributed by atoms with van der Waals surface area (Å²) in [6.45, 7) is 5.67. The molecular weight excluding hydrogens is 238 g/mol. The van der Waals surface area contributed by atoms with Crippen molar-refractivity contribution in [3.8, 4) is 0 Å². The zero-order chi connectivity index (χ0) is 13.1. The number of hydrogen-bond acceptors (Lipinski definition) is 3. The van der Waals surface area contributed by atoms with E-state index in [2.05, 4.69) is 10.3 Å². The van der Waals surface area contributed by atoms with Crippen LogP contribution in [0.2, 0.25) is 5.15 Å². The molecule has 17 heavy (non-hydrogen) atoms. The van der Waals surface area contributed by atoms with E-state index in [9.17, 15) is 4.79 Å². The normalized spacial score (nSPS) is 11.4. The topological polar surface area (TPSA) is 68.0 Å². The average Bonchev–Trinajstić information content (AvgIpc) is 2.20. The van der Waals surface area contributed by atoms with Gasteiger partial charge in [0.1, 0.15) is 0 Å². The Balaban J connectivity index is 2.59. The second-order valence-corrected chi connectivity index (χ2v) is 5.25. The van der Waals surface area contributed by atoms with Gasteiger partial charge in [0.15, 0.2) is 5.15 Å². The summed E-state index contributed by atoms with van der Waals surface area (Å²) >= 11 is 5.88. The van der Waals surface area contributed by atoms with Crippen LogP contribution in [0.4, 0.5) is 5.69 Å². The molecule has 0 fully saturated rings. The Labute approximate surface area is 107 Å². The van der Waals surface area contributed by atoms with Crippen molar-refractivity contribution in [2.24, 2.45) is 5.73 Å². The number of nitrogens with two attached hydrogens (primary N) is 1. The van der Waals surface area contributed by atoms with E-state index in [1.54, 1.807) is 12.3 Å². The molecule has 0 bridgehead atoms. The van der Waals surface area contributed by atoms with Crippen LogP contribution in [-0.2, 0) is 4.79 Å². The molecule has 0 radical (unpaired) electrons. The highest BCUT2D eigenvalue weighted by Crippen LogP contribution is 2.20. The van der Waals surface area contributed by atoms with E-state index < -0.39 is 0 Å². The van der Waals surface area contributed by atoms with Gasteiger partial charge in [-0.2, -0.15) is 0 Å². The second kappa shape index (κ2) is 5.47. The number of hydrogen-bond donors (Lipinski definition) is 2. The first-order valence-corrected chi connectivity index (χ1v) is 5.86. The van der Waals surface area contributed by atoms with Gasteiger partial charge in [-0.15, -0.1) is 0 Å². The monoisotopic (exact) mass is 255 g/mol. The highest BCUT2D eigenvalue weighted by molar-refractivity contribution is 6.32. The van der Waals surface area contributed by atoms with Crippen molar-refractivity contribution < 1.29 is 4.79 Å². The van der Waals surface area contributed by atoms with Gasteiger partial charge in [-0.1, -0.05) is 11.6 Å². The minimum atomic E-state index is -0.341. The minimum absolute atomic E-state index is 0.0992. The molecule has 4 nitrogen and oxygen atoms in total. The SMILES string of the molecule is Cc1cnc(Cl)c(NC(=O)CCC(C)(C)N)c1. The molecule has 0 aliphatic heterocycles. The van der Waals surface area contributed by atoms with Gasteiger partial charge in [-0.25, -0.2) is 4.98 Å². The summed E-state index contributed by atoms with van der Waals surface area (Å²) in [6, 6.07) is 1.79. The van der Waals surface area contributed by atoms with Crippen molar-refractivity contribution in [3.05, 3.63) is 23.0 Å². The zero-order valence-corrected chi connectivity index (χ0v) is 11.1. The van der Waals surface area contributed by atoms with Crippen LogP contribution in [-0.4, -0.2) is 16.4 Å². The molecule has 0 unspecified atom stereocenters. The number of aryl methyl sites for hydroxylation is 1. The Kier molecular flexibility index (Phi) is 4.48. The van der Waals surface area contributed by atoms with E-state index in [0.717, 1.165) is 5.56 Å². The standard InChI is InChI=1S/C12H18ClN3O/c1-8-6-9(11(13)15-7-8)16-10(17)4-5-12(2,3)14/h6-7H,4-5,14H2,1-3H3,(H,16,17). The molecule has 1 rings (SSSR count). The Bertz CT molecular complexity index is 413. The Morgan fingerprint density at radius 2 is 2.24 bits per heavy atom. The van der Waals surface area contributed by atoms with Crippen LogP contribution < -0.4 is 11.1 Å². The van der Waals surface area contributed by atoms with Crippen LogP contribution >= 0.6 is 11.6 Å². The third-order valence-corrected chi connectivity index (χ3v) is 2.55. The van der Waals surface area contributed by atoms with Gasteiger partial charge in [-0.05, 0) is 38.8 Å². The first kappa shape index (κ1) is 13.9. The van der Waals surface area contributed by atoms with Gasteiger partial charge >= 0.3 is 0 Å². The predicted molar refractivity (Wildman–Crippen MR) is 70.1 cm³/mol. The Hall–Kier alpha value is -1.13. The Morgan fingerprint density at radius 1 is 1.59 bits per heavy atom. The van der Waals surface area contributed by atoms with Gasteiger partial charge in [0.25, 0.3) is 0 Å². The van der Waals surface area contributed by atoms with Gasteiger partial charge in [0.2, 0.25) is 5.91 Å². The van der Waals surface area contributed by atoms with Crippen molar-refractivity contribution in [1.82, 2.24) is 4.98 Å². The summed E-state index contributed by atoms with van der Waals surface area (Å²) in [5.74, 6) is -0.0992. The van der Waals surface area contributed by atoms with Crippen molar-refractivity contribution in [2.45, 2.75) is 39.2 Å². The minimum Gasteiger partial charge on any atom is -0.326 e. The molecule has 0 aromatic carbocycles. The summed E-state index contributed by atoms with van der Waals surface area (Å²) in [5, 5.41) is 3.04. The number of nitrogens with one attached hydrogen (secondary N) is 1. The summed E-state index contributed by atoms with van der Waals surface area (Å²) in [5.41, 5.74) is 6.97. The molecular formula is C12H18ClN3O. The fourth-order valence-electron chi connectivity index (χ4n) is 1.29. The highest BCUT2D eigenvalue weighted by atomic mass is 35.5. The molecule has 1 aromatic heterocycles. The third kappa shape index (κ3) is 5.15. The molecule has 5 heteroatoms. The first-order valence-electron chi connectivity index (χ1n) is 5.49. The maximum Gasteiger partial charge on any atom is 0.224 e. The number of carbonyl (C=O) groups excluding carboxylic acids is 1. The van der Waals surface area contributed by atoms with Crippen LogP contribution in [0.15, 0.2) is 12.3 Å². The molecule has 0 aliphatic rings. The third-order valence-electron chi connectivity index (χ3n) is 2.25. The van der Waals surface area contributed by atoms with E-state index >= 15 is 0 Å². The van der Waals surface area contributed by atoms with Crippen molar-refractivity contribution in [3.63, 3.8) is 0 Å². The first-order chi connectivity index (χ1) is 7.78. The molecule has 0 aliphatic carbocycles. The lowest BCUT2D eigenvalue weighted by Gasteiger charge is -2.17. The highest BCUT2D eigenvalue weighted by Gasteiger charge is 2.14. The molecule has 94 valence electrons. The van der Waals surface area contributed by atoms with Crippen molar-refractivity contribution in [2.75, 3.05) is 5.32 Å². The van der Waals surface area contributed by atoms with E-state index in [1.165, 1.54) is 0 Å².